The minimum Gasteiger partial charge on any atom is -0.396 e. The van der Waals surface area contributed by atoms with Crippen molar-refractivity contribution in [3.05, 3.63) is 17.5 Å². The topological polar surface area (TPSA) is 78.7 Å². The Balaban J connectivity index is 1.62. The van der Waals surface area contributed by atoms with Crippen LogP contribution >= 0.6 is 0 Å². The van der Waals surface area contributed by atoms with Crippen molar-refractivity contribution < 1.29 is 14.7 Å². The number of aliphatic hydroxyl groups excluding tert-OH is 1. The number of piperidine rings is 1. The Bertz CT molecular complexity index is 661. The molecule has 1 aromatic heterocycles. The van der Waals surface area contributed by atoms with Gasteiger partial charge in [0.2, 0.25) is 11.8 Å². The van der Waals surface area contributed by atoms with Crippen molar-refractivity contribution in [3.8, 4) is 0 Å². The van der Waals surface area contributed by atoms with Gasteiger partial charge in [0.05, 0.1) is 5.69 Å². The maximum absolute atomic E-state index is 12.6. The van der Waals surface area contributed by atoms with E-state index in [-0.39, 0.29) is 36.3 Å². The Hall–Kier alpha value is -1.89. The second-order valence-electron chi connectivity index (χ2n) is 7.61. The van der Waals surface area contributed by atoms with Crippen LogP contribution in [0.5, 0.6) is 0 Å². The standard InChI is InChI=1S/C18H28N4O3/c1-13-8-14(2)22(19-13)10-17(25)20-6-4-18(5-7-20)12-21(15(3)24)9-16(18)11-23/h8,16,23H,4-7,9-12H2,1-3H3. The number of likely N-dealkylation sites (tertiary alicyclic amines) is 2. The molecule has 1 unspecified atom stereocenters. The van der Waals surface area contributed by atoms with Crippen molar-refractivity contribution in [3.63, 3.8) is 0 Å². The van der Waals surface area contributed by atoms with E-state index in [1.165, 1.54) is 0 Å². The van der Waals surface area contributed by atoms with Crippen molar-refractivity contribution in [2.24, 2.45) is 11.3 Å². The minimum atomic E-state index is -0.0462. The first kappa shape index (κ1) is 17.9. The first-order valence-electron chi connectivity index (χ1n) is 9.00. The van der Waals surface area contributed by atoms with Crippen LogP contribution in [0.1, 0.15) is 31.2 Å². The summed E-state index contributed by atoms with van der Waals surface area (Å²) < 4.78 is 1.76. The number of carbonyl (C=O) groups is 2. The highest BCUT2D eigenvalue weighted by atomic mass is 16.3. The molecule has 3 rings (SSSR count). The van der Waals surface area contributed by atoms with E-state index in [9.17, 15) is 14.7 Å². The summed E-state index contributed by atoms with van der Waals surface area (Å²) in [5, 5.41) is 14.1. The molecule has 2 aliphatic rings. The summed E-state index contributed by atoms with van der Waals surface area (Å²) in [7, 11) is 0. The lowest BCUT2D eigenvalue weighted by atomic mass is 9.71. The molecule has 0 aromatic carbocycles. The van der Waals surface area contributed by atoms with Gasteiger partial charge in [-0.25, -0.2) is 0 Å². The van der Waals surface area contributed by atoms with Gasteiger partial charge >= 0.3 is 0 Å². The van der Waals surface area contributed by atoms with Gasteiger partial charge in [0, 0.05) is 51.3 Å². The summed E-state index contributed by atoms with van der Waals surface area (Å²) >= 11 is 0. The van der Waals surface area contributed by atoms with Gasteiger partial charge in [-0.3, -0.25) is 14.3 Å². The number of amides is 2. The maximum atomic E-state index is 12.6. The fraction of sp³-hybridized carbons (Fsp3) is 0.722. The van der Waals surface area contributed by atoms with Gasteiger partial charge in [-0.15, -0.1) is 0 Å². The van der Waals surface area contributed by atoms with Crippen LogP contribution in [0.15, 0.2) is 6.07 Å². The van der Waals surface area contributed by atoms with Gasteiger partial charge in [0.15, 0.2) is 0 Å². The molecule has 2 amide bonds. The van der Waals surface area contributed by atoms with Gasteiger partial charge in [-0.1, -0.05) is 0 Å². The summed E-state index contributed by atoms with van der Waals surface area (Å²) in [5.74, 6) is 0.269. The summed E-state index contributed by atoms with van der Waals surface area (Å²) in [4.78, 5) is 28.1. The Morgan fingerprint density at radius 1 is 1.28 bits per heavy atom. The third-order valence-corrected chi connectivity index (χ3v) is 5.98. The number of carbonyl (C=O) groups excluding carboxylic acids is 2. The fourth-order valence-electron chi connectivity index (χ4n) is 4.36. The molecule has 2 fully saturated rings. The molecule has 2 aliphatic heterocycles. The molecule has 1 atom stereocenters. The molecular formula is C18H28N4O3. The van der Waals surface area contributed by atoms with Crippen LogP contribution in [0.25, 0.3) is 0 Å². The SMILES string of the molecule is CC(=O)N1CC(CO)C2(CCN(C(=O)Cn3nc(C)cc3C)CC2)C1. The number of nitrogens with zero attached hydrogens (tertiary/aromatic N) is 4. The third-order valence-electron chi connectivity index (χ3n) is 5.98. The minimum absolute atomic E-state index is 0.0462. The predicted molar refractivity (Wildman–Crippen MR) is 92.8 cm³/mol. The average Bonchev–Trinajstić information content (AvgIpc) is 3.08. The van der Waals surface area contributed by atoms with Gasteiger partial charge in [0.25, 0.3) is 0 Å². The molecule has 1 N–H and O–H groups in total. The smallest absolute Gasteiger partial charge is 0.244 e. The van der Waals surface area contributed by atoms with E-state index in [1.54, 1.807) is 11.6 Å². The molecule has 3 heterocycles. The molecular weight excluding hydrogens is 320 g/mol. The van der Waals surface area contributed by atoms with Crippen LogP contribution in [-0.2, 0) is 16.1 Å². The number of rotatable bonds is 3. The molecule has 1 aromatic rings. The average molecular weight is 348 g/mol. The van der Waals surface area contributed by atoms with Gasteiger partial charge in [0.1, 0.15) is 6.54 Å². The van der Waals surface area contributed by atoms with E-state index in [2.05, 4.69) is 5.10 Å². The lowest BCUT2D eigenvalue weighted by Gasteiger charge is -2.42. The zero-order chi connectivity index (χ0) is 18.2. The highest BCUT2D eigenvalue weighted by Crippen LogP contribution is 2.44. The van der Waals surface area contributed by atoms with Crippen LogP contribution in [0.4, 0.5) is 0 Å². The lowest BCUT2D eigenvalue weighted by molar-refractivity contribution is -0.135. The summed E-state index contributed by atoms with van der Waals surface area (Å²) in [6.07, 6.45) is 1.68. The molecule has 0 saturated carbocycles. The van der Waals surface area contributed by atoms with E-state index in [1.807, 2.05) is 29.7 Å². The number of aromatic nitrogens is 2. The van der Waals surface area contributed by atoms with Crippen molar-refractivity contribution >= 4 is 11.8 Å². The first-order chi connectivity index (χ1) is 11.8. The second-order valence-corrected chi connectivity index (χ2v) is 7.61. The van der Waals surface area contributed by atoms with Crippen LogP contribution < -0.4 is 0 Å². The second kappa shape index (κ2) is 6.78. The summed E-state index contributed by atoms with van der Waals surface area (Å²) in [6.45, 7) is 8.53. The number of hydrogen-bond acceptors (Lipinski definition) is 4. The molecule has 7 nitrogen and oxygen atoms in total. The summed E-state index contributed by atoms with van der Waals surface area (Å²) in [6, 6.07) is 1.97. The van der Waals surface area contributed by atoms with Crippen LogP contribution in [0.2, 0.25) is 0 Å². The third kappa shape index (κ3) is 3.42. The van der Waals surface area contributed by atoms with E-state index in [0.717, 1.165) is 24.2 Å². The van der Waals surface area contributed by atoms with Gasteiger partial charge in [-0.2, -0.15) is 5.10 Å². The molecule has 1 spiro atoms. The van der Waals surface area contributed by atoms with Crippen LogP contribution in [0.3, 0.4) is 0 Å². The Morgan fingerprint density at radius 2 is 1.96 bits per heavy atom. The van der Waals surface area contributed by atoms with E-state index in [4.69, 9.17) is 0 Å². The van der Waals surface area contributed by atoms with E-state index >= 15 is 0 Å². The Kier molecular flexibility index (Phi) is 4.86. The lowest BCUT2D eigenvalue weighted by Crippen LogP contribution is -2.48. The van der Waals surface area contributed by atoms with Crippen molar-refractivity contribution in [1.82, 2.24) is 19.6 Å². The highest BCUT2D eigenvalue weighted by Gasteiger charge is 2.48. The Morgan fingerprint density at radius 3 is 2.48 bits per heavy atom. The molecule has 138 valence electrons. The molecule has 2 saturated heterocycles. The molecule has 7 heteroatoms. The monoisotopic (exact) mass is 348 g/mol. The first-order valence-corrected chi connectivity index (χ1v) is 9.00. The molecule has 25 heavy (non-hydrogen) atoms. The molecule has 0 aliphatic carbocycles. The van der Waals surface area contributed by atoms with E-state index in [0.29, 0.717) is 26.2 Å². The quantitative estimate of drug-likeness (QED) is 0.867. The molecule has 0 radical (unpaired) electrons. The highest BCUT2D eigenvalue weighted by molar-refractivity contribution is 5.76. The van der Waals surface area contributed by atoms with Crippen LogP contribution in [0, 0.1) is 25.2 Å². The zero-order valence-electron chi connectivity index (χ0n) is 15.4. The van der Waals surface area contributed by atoms with Crippen molar-refractivity contribution in [2.75, 3.05) is 32.8 Å². The Labute approximate surface area is 148 Å². The normalized spacial score (nSPS) is 22.6. The maximum Gasteiger partial charge on any atom is 0.244 e. The summed E-state index contributed by atoms with van der Waals surface area (Å²) in [5.41, 5.74) is 1.87. The fourth-order valence-corrected chi connectivity index (χ4v) is 4.36. The van der Waals surface area contributed by atoms with Crippen molar-refractivity contribution in [2.45, 2.75) is 40.2 Å². The van der Waals surface area contributed by atoms with Crippen molar-refractivity contribution in [1.29, 1.82) is 0 Å². The number of hydrogen-bond donors (Lipinski definition) is 1. The van der Waals surface area contributed by atoms with Gasteiger partial charge < -0.3 is 14.9 Å². The van der Waals surface area contributed by atoms with Gasteiger partial charge in [-0.05, 0) is 38.2 Å². The number of aliphatic hydroxyl groups is 1. The number of aryl methyl sites for hydroxylation is 2. The zero-order valence-corrected chi connectivity index (χ0v) is 15.4. The van der Waals surface area contributed by atoms with Crippen LogP contribution in [-0.4, -0.2) is 69.3 Å². The molecule has 0 bridgehead atoms. The largest absolute Gasteiger partial charge is 0.396 e. The van der Waals surface area contributed by atoms with E-state index < -0.39 is 0 Å². The predicted octanol–water partition coefficient (Wildman–Crippen LogP) is 0.579.